The molecule has 1 aliphatic heterocycles. The number of rotatable bonds is 5. The minimum absolute atomic E-state index is 0.00272. The Morgan fingerprint density at radius 2 is 1.72 bits per heavy atom. The summed E-state index contributed by atoms with van der Waals surface area (Å²) in [5.74, 6) is 1.76. The molecular weight excluding hydrogens is 404 g/mol. The van der Waals surface area contributed by atoms with Crippen LogP contribution in [0.2, 0.25) is 0 Å². The molecule has 2 heterocycles. The van der Waals surface area contributed by atoms with Crippen LogP contribution in [-0.4, -0.2) is 30.7 Å². The molecule has 2 aromatic carbocycles. The van der Waals surface area contributed by atoms with Gasteiger partial charge in [0.25, 0.3) is 5.91 Å². The van der Waals surface area contributed by atoms with Crippen LogP contribution in [0.5, 0.6) is 17.2 Å². The van der Waals surface area contributed by atoms with Gasteiger partial charge in [0.15, 0.2) is 11.5 Å². The number of nitrogens with one attached hydrogen (secondary N) is 1. The molecule has 2 atom stereocenters. The van der Waals surface area contributed by atoms with E-state index in [1.54, 1.807) is 19.5 Å². The Labute approximate surface area is 188 Å². The Hall–Kier alpha value is -3.54. The van der Waals surface area contributed by atoms with Crippen molar-refractivity contribution in [3.05, 3.63) is 83.7 Å². The van der Waals surface area contributed by atoms with E-state index in [0.29, 0.717) is 11.5 Å². The van der Waals surface area contributed by atoms with E-state index in [4.69, 9.17) is 14.2 Å². The molecule has 1 N–H and O–H groups in total. The molecule has 0 spiro atoms. The summed E-state index contributed by atoms with van der Waals surface area (Å²) in [6.45, 7) is 6.59. The summed E-state index contributed by atoms with van der Waals surface area (Å²) in [7, 11) is 1.62. The Kier molecular flexibility index (Phi) is 6.04. The second-order valence-corrected chi connectivity index (χ2v) is 8.82. The molecule has 1 amide bonds. The van der Waals surface area contributed by atoms with Crippen molar-refractivity contribution in [1.29, 1.82) is 0 Å². The maximum absolute atomic E-state index is 13.2. The number of amides is 1. The zero-order valence-electron chi connectivity index (χ0n) is 18.8. The number of ether oxygens (including phenoxy) is 3. The average molecular weight is 433 g/mol. The summed E-state index contributed by atoms with van der Waals surface area (Å²) >= 11 is 0. The second-order valence-electron chi connectivity index (χ2n) is 8.82. The van der Waals surface area contributed by atoms with Gasteiger partial charge in [-0.3, -0.25) is 9.78 Å². The smallest absolute Gasteiger partial charge is 0.265 e. The monoisotopic (exact) mass is 432 g/mol. The van der Waals surface area contributed by atoms with E-state index in [1.165, 1.54) is 0 Å². The summed E-state index contributed by atoms with van der Waals surface area (Å²) in [6, 6.07) is 16.9. The van der Waals surface area contributed by atoms with Gasteiger partial charge in [-0.05, 0) is 58.5 Å². The van der Waals surface area contributed by atoms with E-state index in [1.807, 2.05) is 54.6 Å². The third-order valence-electron chi connectivity index (χ3n) is 5.54. The predicted octanol–water partition coefficient (Wildman–Crippen LogP) is 4.43. The lowest BCUT2D eigenvalue weighted by atomic mass is 9.87. The summed E-state index contributed by atoms with van der Waals surface area (Å²) < 4.78 is 17.2. The van der Waals surface area contributed by atoms with Crippen LogP contribution in [0.1, 0.15) is 43.5 Å². The van der Waals surface area contributed by atoms with E-state index in [2.05, 4.69) is 31.1 Å². The highest BCUT2D eigenvalue weighted by Crippen LogP contribution is 2.36. The van der Waals surface area contributed by atoms with Crippen LogP contribution in [0.3, 0.4) is 0 Å². The molecule has 0 bridgehead atoms. The van der Waals surface area contributed by atoms with Crippen molar-refractivity contribution >= 4 is 5.91 Å². The van der Waals surface area contributed by atoms with Crippen LogP contribution in [0.25, 0.3) is 0 Å². The summed E-state index contributed by atoms with van der Waals surface area (Å²) in [6.07, 6.45) is 2.67. The molecule has 0 saturated heterocycles. The van der Waals surface area contributed by atoms with Gasteiger partial charge in [0, 0.05) is 12.4 Å². The summed E-state index contributed by atoms with van der Waals surface area (Å²) in [5, 5.41) is 3.11. The highest BCUT2D eigenvalue weighted by Gasteiger charge is 2.30. The van der Waals surface area contributed by atoms with Crippen LogP contribution in [-0.2, 0) is 10.2 Å². The van der Waals surface area contributed by atoms with Gasteiger partial charge in [0.2, 0.25) is 6.10 Å². The lowest BCUT2D eigenvalue weighted by molar-refractivity contribution is -0.130. The lowest BCUT2D eigenvalue weighted by Crippen LogP contribution is -2.45. The first-order valence-corrected chi connectivity index (χ1v) is 10.6. The fraction of sp³-hybridized carbons (Fsp3) is 0.308. The Balaban J connectivity index is 1.54. The molecule has 1 aliphatic rings. The van der Waals surface area contributed by atoms with Crippen LogP contribution < -0.4 is 19.5 Å². The van der Waals surface area contributed by atoms with Crippen molar-refractivity contribution in [1.82, 2.24) is 10.3 Å². The molecule has 0 aliphatic carbocycles. The third kappa shape index (κ3) is 4.69. The van der Waals surface area contributed by atoms with Crippen molar-refractivity contribution in [3.63, 3.8) is 0 Å². The third-order valence-corrected chi connectivity index (χ3v) is 5.54. The topological polar surface area (TPSA) is 69.7 Å². The van der Waals surface area contributed by atoms with Crippen molar-refractivity contribution in [2.45, 2.75) is 38.3 Å². The molecule has 0 saturated carbocycles. The molecular formula is C26H28N2O4. The molecule has 0 radical (unpaired) electrons. The van der Waals surface area contributed by atoms with E-state index in [-0.39, 0.29) is 24.0 Å². The Morgan fingerprint density at radius 3 is 2.38 bits per heavy atom. The number of pyridine rings is 1. The first-order chi connectivity index (χ1) is 15.3. The van der Waals surface area contributed by atoms with Gasteiger partial charge < -0.3 is 19.5 Å². The zero-order valence-corrected chi connectivity index (χ0v) is 18.8. The Bertz CT molecular complexity index is 1080. The van der Waals surface area contributed by atoms with Crippen molar-refractivity contribution in [2.75, 3.05) is 13.7 Å². The number of carbonyl (C=O) groups is 1. The summed E-state index contributed by atoms with van der Waals surface area (Å²) in [5.41, 5.74) is 3.01. The maximum Gasteiger partial charge on any atom is 0.265 e. The number of hydrogen-bond donors (Lipinski definition) is 1. The molecule has 166 valence electrons. The predicted molar refractivity (Wildman–Crippen MR) is 122 cm³/mol. The highest BCUT2D eigenvalue weighted by atomic mass is 16.6. The number of fused-ring (bicyclic) bond motifs is 1. The zero-order chi connectivity index (χ0) is 22.7. The summed E-state index contributed by atoms with van der Waals surface area (Å²) in [4.78, 5) is 17.2. The molecule has 6 heteroatoms. The van der Waals surface area contributed by atoms with E-state index < -0.39 is 6.10 Å². The minimum Gasteiger partial charge on any atom is -0.497 e. The van der Waals surface area contributed by atoms with Gasteiger partial charge in [-0.15, -0.1) is 0 Å². The van der Waals surface area contributed by atoms with Crippen LogP contribution in [0, 0.1) is 0 Å². The number of benzene rings is 2. The SMILES string of the molecule is COc1ccc([C@H](NC(=O)[C@H]2COc3cc(C(C)(C)C)ccc3O2)c2ccncc2)cc1. The van der Waals surface area contributed by atoms with Gasteiger partial charge in [-0.25, -0.2) is 0 Å². The highest BCUT2D eigenvalue weighted by molar-refractivity contribution is 5.82. The van der Waals surface area contributed by atoms with Gasteiger partial charge in [0.05, 0.1) is 13.2 Å². The van der Waals surface area contributed by atoms with Gasteiger partial charge in [0.1, 0.15) is 12.4 Å². The van der Waals surface area contributed by atoms with Crippen LogP contribution in [0.4, 0.5) is 0 Å². The van der Waals surface area contributed by atoms with E-state index in [0.717, 1.165) is 22.4 Å². The number of carbonyl (C=O) groups excluding carboxylic acids is 1. The number of methoxy groups -OCH3 is 1. The fourth-order valence-corrected chi connectivity index (χ4v) is 3.61. The molecule has 0 fully saturated rings. The second kappa shape index (κ2) is 8.91. The average Bonchev–Trinajstić information content (AvgIpc) is 2.81. The first-order valence-electron chi connectivity index (χ1n) is 10.6. The first kappa shape index (κ1) is 21.7. The lowest BCUT2D eigenvalue weighted by Gasteiger charge is -2.29. The molecule has 6 nitrogen and oxygen atoms in total. The Morgan fingerprint density at radius 1 is 1.03 bits per heavy atom. The minimum atomic E-state index is -0.745. The van der Waals surface area contributed by atoms with Crippen molar-refractivity contribution in [2.24, 2.45) is 0 Å². The van der Waals surface area contributed by atoms with Crippen LogP contribution in [0.15, 0.2) is 67.0 Å². The number of hydrogen-bond acceptors (Lipinski definition) is 5. The molecule has 32 heavy (non-hydrogen) atoms. The standard InChI is InChI=1S/C26H28N2O4/c1-26(2,3)19-7-10-21-22(15-19)31-16-23(32-21)25(29)28-24(18-11-13-27-14-12-18)17-5-8-20(30-4)9-6-17/h5-15,23-24H,16H2,1-4H3,(H,28,29)/t23-,24+/m1/s1. The molecule has 1 aromatic heterocycles. The molecule has 0 unspecified atom stereocenters. The number of nitrogens with zero attached hydrogens (tertiary/aromatic N) is 1. The van der Waals surface area contributed by atoms with E-state index >= 15 is 0 Å². The molecule has 3 aromatic rings. The normalized spacial score (nSPS) is 16.2. The van der Waals surface area contributed by atoms with Gasteiger partial charge in [-0.2, -0.15) is 0 Å². The quantitative estimate of drug-likeness (QED) is 0.646. The van der Waals surface area contributed by atoms with E-state index in [9.17, 15) is 4.79 Å². The van der Waals surface area contributed by atoms with Gasteiger partial charge >= 0.3 is 0 Å². The largest absolute Gasteiger partial charge is 0.497 e. The fourth-order valence-electron chi connectivity index (χ4n) is 3.61. The van der Waals surface area contributed by atoms with Crippen LogP contribution >= 0.6 is 0 Å². The van der Waals surface area contributed by atoms with Gasteiger partial charge in [-0.1, -0.05) is 39.0 Å². The van der Waals surface area contributed by atoms with Crippen molar-refractivity contribution in [3.8, 4) is 17.2 Å². The van der Waals surface area contributed by atoms with Crippen molar-refractivity contribution < 1.29 is 19.0 Å². The maximum atomic E-state index is 13.2. The molecule has 4 rings (SSSR count). The number of aromatic nitrogens is 1.